The molecule has 1 saturated heterocycles. The first-order valence-corrected chi connectivity index (χ1v) is 11.7. The number of benzene rings is 2. The van der Waals surface area contributed by atoms with E-state index < -0.39 is 6.04 Å². The molecule has 0 aliphatic carbocycles. The normalized spacial score (nSPS) is 20.7. The quantitative estimate of drug-likeness (QED) is 0.577. The van der Waals surface area contributed by atoms with Gasteiger partial charge in [-0.15, -0.1) is 0 Å². The van der Waals surface area contributed by atoms with Crippen LogP contribution in [0.5, 0.6) is 5.75 Å². The maximum Gasteiger partial charge on any atom is 0.323 e. The van der Waals surface area contributed by atoms with Crippen LogP contribution in [0.25, 0.3) is 0 Å². The van der Waals surface area contributed by atoms with E-state index in [0.717, 1.165) is 35.4 Å². The first kappa shape index (κ1) is 23.9. The third-order valence-corrected chi connectivity index (χ3v) is 6.35. The van der Waals surface area contributed by atoms with Gasteiger partial charge in [0.15, 0.2) is 0 Å². The van der Waals surface area contributed by atoms with Gasteiger partial charge in [-0.05, 0) is 61.7 Å². The molecule has 0 bridgehead atoms. The van der Waals surface area contributed by atoms with Crippen molar-refractivity contribution in [2.24, 2.45) is 5.10 Å². The zero-order chi connectivity index (χ0) is 24.1. The van der Waals surface area contributed by atoms with Crippen LogP contribution < -0.4 is 4.74 Å². The average molecular weight is 468 g/mol. The molecule has 2 atom stereocenters. The van der Waals surface area contributed by atoms with Crippen LogP contribution in [0.15, 0.2) is 53.6 Å². The van der Waals surface area contributed by atoms with Gasteiger partial charge in [-0.2, -0.15) is 5.10 Å². The van der Waals surface area contributed by atoms with E-state index in [9.17, 15) is 14.0 Å². The zero-order valence-electron chi connectivity index (χ0n) is 19.6. The number of ether oxygens (including phenoxy) is 2. The number of amides is 1. The SMILES string of the molecule is CCOC(=O)C1CCCCN1CC(=O)N1N=C(c2ccc(F)cc2)CC1c1ccc(OC)cc1. The minimum Gasteiger partial charge on any atom is -0.497 e. The van der Waals surface area contributed by atoms with Gasteiger partial charge in [0.25, 0.3) is 5.91 Å². The molecular formula is C26H30FN3O4. The van der Waals surface area contributed by atoms with E-state index in [1.54, 1.807) is 26.2 Å². The van der Waals surface area contributed by atoms with Crippen molar-refractivity contribution in [2.45, 2.75) is 44.7 Å². The summed E-state index contributed by atoms with van der Waals surface area (Å²) in [5.74, 6) is -0.0604. The summed E-state index contributed by atoms with van der Waals surface area (Å²) < 4.78 is 24.0. The van der Waals surface area contributed by atoms with E-state index in [2.05, 4.69) is 5.10 Å². The van der Waals surface area contributed by atoms with Crippen molar-refractivity contribution in [1.29, 1.82) is 0 Å². The van der Waals surface area contributed by atoms with Gasteiger partial charge < -0.3 is 9.47 Å². The fourth-order valence-electron chi connectivity index (χ4n) is 4.57. The Morgan fingerprint density at radius 1 is 1.09 bits per heavy atom. The lowest BCUT2D eigenvalue weighted by atomic mass is 9.98. The number of nitrogens with zero attached hydrogens (tertiary/aromatic N) is 3. The van der Waals surface area contributed by atoms with Crippen molar-refractivity contribution in [2.75, 3.05) is 26.8 Å². The second-order valence-electron chi connectivity index (χ2n) is 8.52. The predicted molar refractivity (Wildman–Crippen MR) is 126 cm³/mol. The lowest BCUT2D eigenvalue weighted by Crippen LogP contribution is -2.49. The lowest BCUT2D eigenvalue weighted by molar-refractivity contribution is -0.152. The maximum atomic E-state index is 13.5. The highest BCUT2D eigenvalue weighted by Gasteiger charge is 2.37. The van der Waals surface area contributed by atoms with Gasteiger partial charge in [0.2, 0.25) is 0 Å². The summed E-state index contributed by atoms with van der Waals surface area (Å²) in [4.78, 5) is 27.9. The zero-order valence-corrected chi connectivity index (χ0v) is 19.6. The van der Waals surface area contributed by atoms with Crippen LogP contribution in [-0.2, 0) is 14.3 Å². The van der Waals surface area contributed by atoms with Crippen molar-refractivity contribution in [3.63, 3.8) is 0 Å². The number of hydrogen-bond donors (Lipinski definition) is 0. The Morgan fingerprint density at radius 3 is 2.50 bits per heavy atom. The topological polar surface area (TPSA) is 71.4 Å². The molecule has 34 heavy (non-hydrogen) atoms. The maximum absolute atomic E-state index is 13.5. The third-order valence-electron chi connectivity index (χ3n) is 6.35. The number of halogens is 1. The second kappa shape index (κ2) is 10.8. The molecule has 2 aliphatic heterocycles. The fourth-order valence-corrected chi connectivity index (χ4v) is 4.57. The molecule has 0 radical (unpaired) electrons. The predicted octanol–water partition coefficient (Wildman–Crippen LogP) is 3.93. The molecule has 0 aromatic heterocycles. The largest absolute Gasteiger partial charge is 0.497 e. The first-order valence-electron chi connectivity index (χ1n) is 11.7. The number of carbonyl (C=O) groups excluding carboxylic acids is 2. The number of piperidine rings is 1. The number of hydrogen-bond acceptors (Lipinski definition) is 6. The van der Waals surface area contributed by atoms with Crippen molar-refractivity contribution >= 4 is 17.6 Å². The Labute approximate surface area is 199 Å². The minimum atomic E-state index is -0.416. The molecule has 0 N–H and O–H groups in total. The number of rotatable bonds is 7. The molecular weight excluding hydrogens is 437 g/mol. The smallest absolute Gasteiger partial charge is 0.323 e. The second-order valence-corrected chi connectivity index (χ2v) is 8.52. The van der Waals surface area contributed by atoms with Gasteiger partial charge >= 0.3 is 5.97 Å². The van der Waals surface area contributed by atoms with E-state index >= 15 is 0 Å². The first-order chi connectivity index (χ1) is 16.5. The molecule has 2 heterocycles. The Bertz CT molecular complexity index is 1040. The Balaban J connectivity index is 1.59. The summed E-state index contributed by atoms with van der Waals surface area (Å²) >= 11 is 0. The van der Waals surface area contributed by atoms with Crippen LogP contribution in [0.3, 0.4) is 0 Å². The van der Waals surface area contributed by atoms with E-state index in [-0.39, 0.29) is 30.3 Å². The van der Waals surface area contributed by atoms with Crippen molar-refractivity contribution in [3.8, 4) is 5.75 Å². The summed E-state index contributed by atoms with van der Waals surface area (Å²) in [5.41, 5.74) is 2.42. The monoisotopic (exact) mass is 467 g/mol. The summed E-state index contributed by atoms with van der Waals surface area (Å²) in [6, 6.07) is 13.0. The molecule has 8 heteroatoms. The lowest BCUT2D eigenvalue weighted by Gasteiger charge is -2.34. The fraction of sp³-hybridized carbons (Fsp3) is 0.423. The van der Waals surface area contributed by atoms with Gasteiger partial charge in [0, 0.05) is 6.42 Å². The van der Waals surface area contributed by atoms with Crippen LogP contribution in [-0.4, -0.2) is 60.3 Å². The van der Waals surface area contributed by atoms with Crippen LogP contribution in [0.1, 0.15) is 49.8 Å². The number of likely N-dealkylation sites (tertiary alicyclic amines) is 1. The van der Waals surface area contributed by atoms with Crippen LogP contribution in [0.4, 0.5) is 4.39 Å². The average Bonchev–Trinajstić information content (AvgIpc) is 3.31. The molecule has 2 aromatic rings. The third kappa shape index (κ3) is 5.28. The van der Waals surface area contributed by atoms with Gasteiger partial charge in [0.05, 0.1) is 32.0 Å². The van der Waals surface area contributed by atoms with E-state index in [1.807, 2.05) is 29.2 Å². The summed E-state index contributed by atoms with van der Waals surface area (Å²) in [6.07, 6.45) is 3.04. The van der Waals surface area contributed by atoms with Gasteiger partial charge in [-0.1, -0.05) is 30.7 Å². The number of hydrazone groups is 1. The molecule has 1 fully saturated rings. The standard InChI is InChI=1S/C26H30FN3O4/c1-3-34-26(32)23-6-4-5-15-29(23)17-25(31)30-24(19-9-13-21(33-2)14-10-19)16-22(28-30)18-7-11-20(27)12-8-18/h7-14,23-24H,3-6,15-17H2,1-2H3. The molecule has 7 nitrogen and oxygen atoms in total. The van der Waals surface area contributed by atoms with Crippen LogP contribution in [0, 0.1) is 5.82 Å². The van der Waals surface area contributed by atoms with Crippen LogP contribution >= 0.6 is 0 Å². The van der Waals surface area contributed by atoms with E-state index in [1.165, 1.54) is 17.1 Å². The summed E-state index contributed by atoms with van der Waals surface area (Å²) in [7, 11) is 1.61. The highest BCUT2D eigenvalue weighted by atomic mass is 19.1. The Morgan fingerprint density at radius 2 is 1.82 bits per heavy atom. The van der Waals surface area contributed by atoms with Crippen molar-refractivity contribution in [3.05, 3.63) is 65.5 Å². The molecule has 2 aliphatic rings. The molecule has 0 spiro atoms. The van der Waals surface area contributed by atoms with E-state index in [0.29, 0.717) is 26.0 Å². The molecule has 2 unspecified atom stereocenters. The van der Waals surface area contributed by atoms with Crippen LogP contribution in [0.2, 0.25) is 0 Å². The number of methoxy groups -OCH3 is 1. The van der Waals surface area contributed by atoms with Crippen molar-refractivity contribution in [1.82, 2.24) is 9.91 Å². The summed E-state index contributed by atoms with van der Waals surface area (Å²) in [6.45, 7) is 2.83. The van der Waals surface area contributed by atoms with Gasteiger partial charge in [-0.3, -0.25) is 14.5 Å². The highest BCUT2D eigenvalue weighted by Crippen LogP contribution is 2.34. The Kier molecular flexibility index (Phi) is 7.57. The van der Waals surface area contributed by atoms with Gasteiger partial charge in [-0.25, -0.2) is 9.40 Å². The van der Waals surface area contributed by atoms with Gasteiger partial charge in [0.1, 0.15) is 17.6 Å². The number of carbonyl (C=O) groups is 2. The summed E-state index contributed by atoms with van der Waals surface area (Å²) in [5, 5.41) is 6.18. The molecule has 1 amide bonds. The molecule has 180 valence electrons. The highest BCUT2D eigenvalue weighted by molar-refractivity contribution is 6.03. The Hall–Kier alpha value is -3.26. The minimum absolute atomic E-state index is 0.0797. The molecule has 4 rings (SSSR count). The molecule has 2 aromatic carbocycles. The van der Waals surface area contributed by atoms with E-state index in [4.69, 9.17) is 9.47 Å². The van der Waals surface area contributed by atoms with Crippen molar-refractivity contribution < 1.29 is 23.5 Å². The number of esters is 1. The molecule has 0 saturated carbocycles.